The van der Waals surface area contributed by atoms with Crippen LogP contribution in [0.3, 0.4) is 0 Å². The Bertz CT molecular complexity index is 1130. The summed E-state index contributed by atoms with van der Waals surface area (Å²) in [4.78, 5) is 12.7. The molecule has 1 aliphatic heterocycles. The third kappa shape index (κ3) is 2.84. The molecule has 3 aromatic rings. The lowest BCUT2D eigenvalue weighted by atomic mass is 10.2. The summed E-state index contributed by atoms with van der Waals surface area (Å²) in [6.07, 6.45) is 3.21. The summed E-state index contributed by atoms with van der Waals surface area (Å²) in [5, 5.41) is 4.82. The van der Waals surface area contributed by atoms with E-state index in [0.29, 0.717) is 18.1 Å². The molecule has 0 saturated carbocycles. The van der Waals surface area contributed by atoms with Gasteiger partial charge >= 0.3 is 5.69 Å². The van der Waals surface area contributed by atoms with Crippen LogP contribution >= 0.6 is 11.6 Å². The van der Waals surface area contributed by atoms with Crippen LogP contribution in [0.15, 0.2) is 52.3 Å². The highest BCUT2D eigenvalue weighted by atomic mass is 35.5. The van der Waals surface area contributed by atoms with E-state index in [9.17, 15) is 13.2 Å². The number of benzene rings is 1. The van der Waals surface area contributed by atoms with Gasteiger partial charge in [0, 0.05) is 24.3 Å². The maximum atomic E-state index is 12.9. The van der Waals surface area contributed by atoms with E-state index < -0.39 is 15.7 Å². The van der Waals surface area contributed by atoms with E-state index in [1.165, 1.54) is 25.7 Å². The molecule has 9 heteroatoms. The molecule has 0 bridgehead atoms. The molecule has 0 spiro atoms. The summed E-state index contributed by atoms with van der Waals surface area (Å²) < 4.78 is 29.8. The lowest BCUT2D eigenvalue weighted by Crippen LogP contribution is -2.28. The zero-order valence-electron chi connectivity index (χ0n) is 13.9. The van der Waals surface area contributed by atoms with Crippen LogP contribution in [0.2, 0.25) is 5.02 Å². The van der Waals surface area contributed by atoms with Crippen LogP contribution in [-0.4, -0.2) is 40.0 Å². The summed E-state index contributed by atoms with van der Waals surface area (Å²) in [5.74, 6) is 0. The molecule has 4 rings (SSSR count). The molecule has 0 amide bonds. The van der Waals surface area contributed by atoms with Crippen molar-refractivity contribution in [2.75, 3.05) is 13.1 Å². The number of nitrogens with zero attached hydrogens (tertiary/aromatic N) is 4. The molecule has 1 aromatic carbocycles. The lowest BCUT2D eigenvalue weighted by molar-refractivity contribution is 0.477. The van der Waals surface area contributed by atoms with E-state index in [0.717, 1.165) is 18.4 Å². The Labute approximate surface area is 155 Å². The first-order valence-electron chi connectivity index (χ1n) is 8.30. The van der Waals surface area contributed by atoms with Gasteiger partial charge in [0.15, 0.2) is 5.65 Å². The maximum Gasteiger partial charge on any atom is 0.350 e. The van der Waals surface area contributed by atoms with Crippen molar-refractivity contribution in [3.05, 3.63) is 63.7 Å². The zero-order chi connectivity index (χ0) is 18.3. The minimum absolute atomic E-state index is 0.0527. The zero-order valence-corrected chi connectivity index (χ0v) is 15.4. The van der Waals surface area contributed by atoms with E-state index in [1.54, 1.807) is 24.3 Å². The van der Waals surface area contributed by atoms with Gasteiger partial charge in [0.2, 0.25) is 10.0 Å². The molecule has 0 N–H and O–H groups in total. The third-order valence-corrected chi connectivity index (χ3v) is 6.82. The van der Waals surface area contributed by atoms with Crippen molar-refractivity contribution < 1.29 is 8.42 Å². The van der Waals surface area contributed by atoms with Gasteiger partial charge in [-0.15, -0.1) is 5.10 Å². The van der Waals surface area contributed by atoms with Crippen LogP contribution in [0.1, 0.15) is 18.4 Å². The summed E-state index contributed by atoms with van der Waals surface area (Å²) in [6.45, 7) is 1.16. The van der Waals surface area contributed by atoms with E-state index in [-0.39, 0.29) is 17.1 Å². The Morgan fingerprint density at radius 1 is 1.08 bits per heavy atom. The Balaban J connectivity index is 1.83. The average molecular weight is 393 g/mol. The Morgan fingerprint density at radius 2 is 1.81 bits per heavy atom. The number of fused-ring (bicyclic) bond motifs is 1. The molecular formula is C17H17ClN4O3S. The van der Waals surface area contributed by atoms with Gasteiger partial charge in [-0.05, 0) is 36.6 Å². The molecule has 0 atom stereocenters. The number of halogens is 1. The van der Waals surface area contributed by atoms with Gasteiger partial charge in [0.1, 0.15) is 4.90 Å². The van der Waals surface area contributed by atoms with Crippen LogP contribution in [-0.2, 0) is 16.6 Å². The van der Waals surface area contributed by atoms with Gasteiger partial charge in [0.25, 0.3) is 0 Å². The van der Waals surface area contributed by atoms with E-state index in [4.69, 9.17) is 11.6 Å². The van der Waals surface area contributed by atoms with Crippen molar-refractivity contribution in [3.8, 4) is 0 Å². The van der Waals surface area contributed by atoms with Crippen LogP contribution in [0.5, 0.6) is 0 Å². The Kier molecular flexibility index (Phi) is 4.34. The van der Waals surface area contributed by atoms with E-state index in [2.05, 4.69) is 5.10 Å². The molecule has 0 aliphatic carbocycles. The Hall–Kier alpha value is -2.16. The second-order valence-electron chi connectivity index (χ2n) is 6.21. The van der Waals surface area contributed by atoms with E-state index in [1.807, 2.05) is 6.07 Å². The fourth-order valence-corrected chi connectivity index (χ4v) is 5.01. The minimum Gasteiger partial charge on any atom is -0.249 e. The predicted molar refractivity (Wildman–Crippen MR) is 98.0 cm³/mol. The highest BCUT2D eigenvalue weighted by Gasteiger charge is 2.30. The molecule has 0 unspecified atom stereocenters. The molecular weight excluding hydrogens is 376 g/mol. The van der Waals surface area contributed by atoms with Crippen molar-refractivity contribution in [1.29, 1.82) is 0 Å². The van der Waals surface area contributed by atoms with Crippen molar-refractivity contribution in [2.24, 2.45) is 0 Å². The highest BCUT2D eigenvalue weighted by molar-refractivity contribution is 7.89. The van der Waals surface area contributed by atoms with Gasteiger partial charge in [-0.1, -0.05) is 29.8 Å². The van der Waals surface area contributed by atoms with Gasteiger partial charge in [0.05, 0.1) is 6.54 Å². The van der Waals surface area contributed by atoms with Crippen LogP contribution in [0, 0.1) is 0 Å². The molecule has 26 heavy (non-hydrogen) atoms. The number of hydrogen-bond acceptors (Lipinski definition) is 4. The number of aromatic nitrogens is 3. The fourth-order valence-electron chi connectivity index (χ4n) is 3.17. The standard InChI is InChI=1S/C17H17ClN4O3S/c18-14-7-2-1-6-13(14)12-22-17(23)21-11-5-8-15(16(21)19-22)26(24,25)20-9-3-4-10-20/h1-2,5-8,11H,3-4,9-10,12H2. The molecule has 1 aliphatic rings. The third-order valence-electron chi connectivity index (χ3n) is 4.53. The molecule has 7 nitrogen and oxygen atoms in total. The average Bonchev–Trinajstić information content (AvgIpc) is 3.27. The highest BCUT2D eigenvalue weighted by Crippen LogP contribution is 2.23. The Morgan fingerprint density at radius 3 is 2.54 bits per heavy atom. The molecule has 1 saturated heterocycles. The van der Waals surface area contributed by atoms with E-state index >= 15 is 0 Å². The van der Waals surface area contributed by atoms with Gasteiger partial charge in [-0.3, -0.25) is 0 Å². The first-order chi connectivity index (χ1) is 12.5. The second-order valence-corrected chi connectivity index (χ2v) is 8.52. The SMILES string of the molecule is O=c1n(Cc2ccccc2Cl)nc2c(S(=O)(=O)N3CCCC3)cccn12. The summed E-state index contributed by atoms with van der Waals surface area (Å²) in [7, 11) is -3.68. The quantitative estimate of drug-likeness (QED) is 0.680. The maximum absolute atomic E-state index is 12.9. The van der Waals surface area contributed by atoms with Gasteiger partial charge < -0.3 is 0 Å². The summed E-state index contributed by atoms with van der Waals surface area (Å²) >= 11 is 6.16. The lowest BCUT2D eigenvalue weighted by Gasteiger charge is -2.15. The molecule has 2 aromatic heterocycles. The minimum atomic E-state index is -3.68. The monoisotopic (exact) mass is 392 g/mol. The van der Waals surface area contributed by atoms with Crippen LogP contribution < -0.4 is 5.69 Å². The molecule has 0 radical (unpaired) electrons. The fraction of sp³-hybridized carbons (Fsp3) is 0.294. The number of pyridine rings is 1. The first-order valence-corrected chi connectivity index (χ1v) is 10.1. The van der Waals surface area contributed by atoms with Crippen molar-refractivity contribution in [1.82, 2.24) is 18.5 Å². The normalized spacial score (nSPS) is 15.7. The summed E-state index contributed by atoms with van der Waals surface area (Å²) in [5.41, 5.74) is 0.471. The number of rotatable bonds is 4. The molecule has 136 valence electrons. The van der Waals surface area contributed by atoms with Crippen LogP contribution in [0.4, 0.5) is 0 Å². The number of sulfonamides is 1. The molecule has 3 heterocycles. The van der Waals surface area contributed by atoms with Crippen LogP contribution in [0.25, 0.3) is 5.65 Å². The molecule has 1 fully saturated rings. The largest absolute Gasteiger partial charge is 0.350 e. The number of hydrogen-bond donors (Lipinski definition) is 0. The van der Waals surface area contributed by atoms with Crippen molar-refractivity contribution in [2.45, 2.75) is 24.3 Å². The van der Waals surface area contributed by atoms with Gasteiger partial charge in [-0.2, -0.15) is 4.31 Å². The van der Waals surface area contributed by atoms with Gasteiger partial charge in [-0.25, -0.2) is 22.3 Å². The summed E-state index contributed by atoms with van der Waals surface area (Å²) in [6, 6.07) is 10.2. The smallest absolute Gasteiger partial charge is 0.249 e. The predicted octanol–water partition coefficient (Wildman–Crippen LogP) is 1.98. The first kappa shape index (κ1) is 17.3. The topological polar surface area (TPSA) is 76.7 Å². The second kappa shape index (κ2) is 6.53. The van der Waals surface area contributed by atoms with Crippen molar-refractivity contribution >= 4 is 27.3 Å². The van der Waals surface area contributed by atoms with Crippen molar-refractivity contribution in [3.63, 3.8) is 0 Å².